The van der Waals surface area contributed by atoms with Gasteiger partial charge in [-0.1, -0.05) is 30.3 Å². The number of benzene rings is 1. The summed E-state index contributed by atoms with van der Waals surface area (Å²) >= 11 is 0. The van der Waals surface area contributed by atoms with Crippen LogP contribution in [-0.2, 0) is 4.79 Å². The number of nitrogens with one attached hydrogen (secondary N) is 1. The third-order valence-corrected chi connectivity index (χ3v) is 3.29. The Morgan fingerprint density at radius 2 is 1.93 bits per heavy atom. The fourth-order valence-corrected chi connectivity index (χ4v) is 2.07. The molecule has 1 aromatic rings. The Hall–Kier alpha value is -1.31. The summed E-state index contributed by atoms with van der Waals surface area (Å²) in [5.41, 5.74) is 1.36. The van der Waals surface area contributed by atoms with Crippen LogP contribution in [0.5, 0.6) is 0 Å². The summed E-state index contributed by atoms with van der Waals surface area (Å²) in [5, 5.41) is 3.13. The van der Waals surface area contributed by atoms with E-state index in [1.54, 1.807) is 0 Å². The molecule has 1 aromatic carbocycles. The summed E-state index contributed by atoms with van der Waals surface area (Å²) in [6, 6.07) is 10.9. The maximum absolute atomic E-state index is 11.5. The van der Waals surface area contributed by atoms with Crippen molar-refractivity contribution in [3.8, 4) is 0 Å². The highest BCUT2D eigenvalue weighted by molar-refractivity contribution is 5.81. The molecule has 0 radical (unpaired) electrons. The molecule has 1 amide bonds. The number of carbonyl (C=O) groups is 1. The Kier molecular flexibility index (Phi) is 2.01. The molecule has 2 fully saturated rings. The van der Waals surface area contributed by atoms with Crippen molar-refractivity contribution in [2.24, 2.45) is 5.92 Å². The predicted molar refractivity (Wildman–Crippen MR) is 58.5 cm³/mol. The summed E-state index contributed by atoms with van der Waals surface area (Å²) in [7, 11) is 0. The molecule has 0 aliphatic heterocycles. The predicted octanol–water partition coefficient (Wildman–Crippen LogP) is 2.07. The van der Waals surface area contributed by atoms with E-state index in [4.69, 9.17) is 0 Å². The maximum atomic E-state index is 11.5. The highest BCUT2D eigenvalue weighted by atomic mass is 16.2. The quantitative estimate of drug-likeness (QED) is 0.797. The van der Waals surface area contributed by atoms with Crippen molar-refractivity contribution in [1.82, 2.24) is 5.32 Å². The molecular formula is C13H15NO. The van der Waals surface area contributed by atoms with Crippen molar-refractivity contribution in [1.29, 1.82) is 0 Å². The summed E-state index contributed by atoms with van der Waals surface area (Å²) in [4.78, 5) is 11.5. The summed E-state index contributed by atoms with van der Waals surface area (Å²) < 4.78 is 0. The molecule has 2 atom stereocenters. The van der Waals surface area contributed by atoms with Crippen LogP contribution in [0.2, 0.25) is 0 Å². The van der Waals surface area contributed by atoms with E-state index in [0.29, 0.717) is 17.9 Å². The number of carbonyl (C=O) groups excluding carboxylic acids is 1. The SMILES string of the molecule is O=C(N[C@H]1C[C@H]1c1ccccc1)C1CC1. The first-order valence-electron chi connectivity index (χ1n) is 5.70. The van der Waals surface area contributed by atoms with Gasteiger partial charge in [0.05, 0.1) is 0 Å². The van der Waals surface area contributed by atoms with Crippen LogP contribution in [0.3, 0.4) is 0 Å². The van der Waals surface area contributed by atoms with Gasteiger partial charge in [0, 0.05) is 17.9 Å². The fourth-order valence-electron chi connectivity index (χ4n) is 2.07. The van der Waals surface area contributed by atoms with Crippen molar-refractivity contribution in [3.63, 3.8) is 0 Å². The van der Waals surface area contributed by atoms with Crippen LogP contribution in [0.1, 0.15) is 30.7 Å². The minimum atomic E-state index is 0.276. The highest BCUT2D eigenvalue weighted by Crippen LogP contribution is 2.41. The lowest BCUT2D eigenvalue weighted by Crippen LogP contribution is -2.27. The zero-order chi connectivity index (χ0) is 10.3. The normalized spacial score (nSPS) is 28.5. The molecule has 2 aliphatic rings. The second kappa shape index (κ2) is 3.37. The molecule has 1 N–H and O–H groups in total. The number of hydrogen-bond acceptors (Lipinski definition) is 1. The third-order valence-electron chi connectivity index (χ3n) is 3.29. The van der Waals surface area contributed by atoms with Gasteiger partial charge in [-0.15, -0.1) is 0 Å². The van der Waals surface area contributed by atoms with Crippen molar-refractivity contribution in [3.05, 3.63) is 35.9 Å². The lowest BCUT2D eigenvalue weighted by Gasteiger charge is -2.03. The lowest BCUT2D eigenvalue weighted by atomic mass is 10.1. The zero-order valence-electron chi connectivity index (χ0n) is 8.65. The molecule has 78 valence electrons. The Bertz CT molecular complexity index is 369. The number of rotatable bonds is 3. The van der Waals surface area contributed by atoms with Gasteiger partial charge < -0.3 is 5.32 Å². The van der Waals surface area contributed by atoms with E-state index in [9.17, 15) is 4.79 Å². The van der Waals surface area contributed by atoms with Crippen LogP contribution in [0.4, 0.5) is 0 Å². The number of hydrogen-bond donors (Lipinski definition) is 1. The van der Waals surface area contributed by atoms with Gasteiger partial charge in [0.1, 0.15) is 0 Å². The third kappa shape index (κ3) is 1.89. The van der Waals surface area contributed by atoms with Crippen LogP contribution >= 0.6 is 0 Å². The minimum Gasteiger partial charge on any atom is -0.352 e. The van der Waals surface area contributed by atoms with Crippen molar-refractivity contribution < 1.29 is 4.79 Å². The highest BCUT2D eigenvalue weighted by Gasteiger charge is 2.41. The molecule has 15 heavy (non-hydrogen) atoms. The van der Waals surface area contributed by atoms with Gasteiger partial charge in [0.2, 0.25) is 5.91 Å². The molecule has 2 aliphatic carbocycles. The van der Waals surface area contributed by atoms with E-state index in [-0.39, 0.29) is 5.91 Å². The Morgan fingerprint density at radius 3 is 2.60 bits per heavy atom. The largest absolute Gasteiger partial charge is 0.352 e. The van der Waals surface area contributed by atoms with Crippen LogP contribution in [0, 0.1) is 5.92 Å². The Labute approximate surface area is 89.7 Å². The summed E-state index contributed by atoms with van der Waals surface area (Å²) in [6.45, 7) is 0. The average molecular weight is 201 g/mol. The van der Waals surface area contributed by atoms with E-state index in [0.717, 1.165) is 19.3 Å². The Balaban J connectivity index is 1.57. The Morgan fingerprint density at radius 1 is 1.20 bits per heavy atom. The molecular weight excluding hydrogens is 186 g/mol. The molecule has 0 spiro atoms. The van der Waals surface area contributed by atoms with Gasteiger partial charge in [-0.2, -0.15) is 0 Å². The van der Waals surface area contributed by atoms with E-state index in [1.165, 1.54) is 5.56 Å². The van der Waals surface area contributed by atoms with E-state index in [1.807, 2.05) is 6.07 Å². The molecule has 2 saturated carbocycles. The molecule has 2 heteroatoms. The van der Waals surface area contributed by atoms with Gasteiger partial charge in [0.25, 0.3) is 0 Å². The van der Waals surface area contributed by atoms with Crippen LogP contribution in [0.25, 0.3) is 0 Å². The summed E-state index contributed by atoms with van der Waals surface area (Å²) in [6.07, 6.45) is 3.30. The van der Waals surface area contributed by atoms with E-state index in [2.05, 4.69) is 29.6 Å². The van der Waals surface area contributed by atoms with E-state index < -0.39 is 0 Å². The van der Waals surface area contributed by atoms with Gasteiger partial charge >= 0.3 is 0 Å². The monoisotopic (exact) mass is 201 g/mol. The molecule has 0 heterocycles. The minimum absolute atomic E-state index is 0.276. The van der Waals surface area contributed by atoms with Crippen molar-refractivity contribution in [2.75, 3.05) is 0 Å². The molecule has 3 rings (SSSR count). The van der Waals surface area contributed by atoms with Crippen LogP contribution in [-0.4, -0.2) is 11.9 Å². The van der Waals surface area contributed by atoms with Crippen LogP contribution in [0.15, 0.2) is 30.3 Å². The second-order valence-electron chi connectivity index (χ2n) is 4.64. The molecule has 0 bridgehead atoms. The van der Waals surface area contributed by atoms with Gasteiger partial charge in [-0.25, -0.2) is 0 Å². The molecule has 0 unspecified atom stereocenters. The fraction of sp³-hybridized carbons (Fsp3) is 0.462. The first-order chi connectivity index (χ1) is 7.34. The first kappa shape index (κ1) is 8.96. The van der Waals surface area contributed by atoms with Crippen LogP contribution < -0.4 is 5.32 Å². The smallest absolute Gasteiger partial charge is 0.223 e. The van der Waals surface area contributed by atoms with Gasteiger partial charge in [-0.05, 0) is 24.8 Å². The van der Waals surface area contributed by atoms with E-state index >= 15 is 0 Å². The summed E-state index contributed by atoms with van der Waals surface area (Å²) in [5.74, 6) is 1.18. The lowest BCUT2D eigenvalue weighted by molar-refractivity contribution is -0.122. The molecule has 0 saturated heterocycles. The van der Waals surface area contributed by atoms with Gasteiger partial charge in [-0.3, -0.25) is 4.79 Å². The zero-order valence-corrected chi connectivity index (χ0v) is 8.65. The molecule has 2 nitrogen and oxygen atoms in total. The number of amides is 1. The topological polar surface area (TPSA) is 29.1 Å². The average Bonchev–Trinajstić information content (AvgIpc) is 3.14. The first-order valence-corrected chi connectivity index (χ1v) is 5.70. The standard InChI is InChI=1S/C13H15NO/c15-13(10-6-7-10)14-12-8-11(12)9-4-2-1-3-5-9/h1-5,10-12H,6-8H2,(H,14,15)/t11-,12-/m0/s1. The van der Waals surface area contributed by atoms with Crippen molar-refractivity contribution in [2.45, 2.75) is 31.2 Å². The van der Waals surface area contributed by atoms with Gasteiger partial charge in [0.15, 0.2) is 0 Å². The maximum Gasteiger partial charge on any atom is 0.223 e. The van der Waals surface area contributed by atoms with Crippen molar-refractivity contribution >= 4 is 5.91 Å². The molecule has 0 aromatic heterocycles. The second-order valence-corrected chi connectivity index (χ2v) is 4.64.